The van der Waals surface area contributed by atoms with E-state index in [2.05, 4.69) is 39.1 Å². The smallest absolute Gasteiger partial charge is 0.0552 e. The van der Waals surface area contributed by atoms with Gasteiger partial charge in [0.2, 0.25) is 0 Å². The zero-order valence-electron chi connectivity index (χ0n) is 8.18. The van der Waals surface area contributed by atoms with Crippen molar-refractivity contribution in [1.82, 2.24) is 4.90 Å². The van der Waals surface area contributed by atoms with Gasteiger partial charge in [-0.15, -0.1) is 23.5 Å². The summed E-state index contributed by atoms with van der Waals surface area (Å²) in [6.45, 7) is 5.73. The maximum Gasteiger partial charge on any atom is 0.0552 e. The van der Waals surface area contributed by atoms with Gasteiger partial charge < -0.3 is 4.90 Å². The van der Waals surface area contributed by atoms with Crippen molar-refractivity contribution in [2.75, 3.05) is 32.6 Å². The van der Waals surface area contributed by atoms with E-state index >= 15 is 0 Å². The Balaban J connectivity index is 3.38. The molecule has 0 aliphatic rings. The second kappa shape index (κ2) is 5.33. The van der Waals surface area contributed by atoms with Gasteiger partial charge in [-0.05, 0) is 34.2 Å². The van der Waals surface area contributed by atoms with Gasteiger partial charge in [0.05, 0.1) is 4.08 Å². The summed E-state index contributed by atoms with van der Waals surface area (Å²) >= 11 is 3.95. The molecule has 1 nitrogen and oxygen atoms in total. The average molecular weight is 193 g/mol. The second-order valence-electron chi connectivity index (χ2n) is 3.26. The van der Waals surface area contributed by atoms with Gasteiger partial charge in [0.25, 0.3) is 0 Å². The molecule has 3 heteroatoms. The summed E-state index contributed by atoms with van der Waals surface area (Å²) in [6, 6.07) is 0. The van der Waals surface area contributed by atoms with Crippen LogP contribution in [-0.4, -0.2) is 41.6 Å². The van der Waals surface area contributed by atoms with E-state index in [-0.39, 0.29) is 0 Å². The van der Waals surface area contributed by atoms with Crippen LogP contribution in [0.25, 0.3) is 0 Å². The van der Waals surface area contributed by atoms with E-state index in [1.807, 2.05) is 23.5 Å². The molecule has 0 aromatic heterocycles. The third-order valence-electron chi connectivity index (χ3n) is 1.48. The molecule has 0 rings (SSSR count). The van der Waals surface area contributed by atoms with Gasteiger partial charge in [-0.3, -0.25) is 0 Å². The number of rotatable bonds is 5. The van der Waals surface area contributed by atoms with Gasteiger partial charge in [0.15, 0.2) is 0 Å². The van der Waals surface area contributed by atoms with Crippen LogP contribution in [0, 0.1) is 0 Å². The number of thioether (sulfide) groups is 2. The highest BCUT2D eigenvalue weighted by molar-refractivity contribution is 8.17. The van der Waals surface area contributed by atoms with Crippen LogP contribution in [-0.2, 0) is 0 Å². The molecule has 0 unspecified atom stereocenters. The topological polar surface area (TPSA) is 3.24 Å². The second-order valence-corrected chi connectivity index (χ2v) is 6.66. The fraction of sp³-hybridized carbons (Fsp3) is 1.00. The zero-order valence-corrected chi connectivity index (χ0v) is 9.81. The largest absolute Gasteiger partial charge is 0.309 e. The molecule has 0 saturated heterocycles. The summed E-state index contributed by atoms with van der Waals surface area (Å²) in [5.41, 5.74) is 0. The first-order chi connectivity index (χ1) is 4.98. The summed E-state index contributed by atoms with van der Waals surface area (Å²) in [5, 5.41) is 0. The van der Waals surface area contributed by atoms with Crippen LogP contribution in [0.3, 0.4) is 0 Å². The van der Waals surface area contributed by atoms with Crippen LogP contribution in [0.5, 0.6) is 0 Å². The highest BCUT2D eigenvalue weighted by Crippen LogP contribution is 2.33. The lowest BCUT2D eigenvalue weighted by Gasteiger charge is -2.22. The zero-order chi connectivity index (χ0) is 8.91. The van der Waals surface area contributed by atoms with Crippen LogP contribution >= 0.6 is 23.5 Å². The number of nitrogens with zero attached hydrogens (tertiary/aromatic N) is 1. The van der Waals surface area contributed by atoms with Crippen molar-refractivity contribution in [3.05, 3.63) is 0 Å². The Labute approximate surface area is 79.3 Å². The minimum absolute atomic E-state index is 0.385. The Morgan fingerprint density at radius 1 is 1.27 bits per heavy atom. The number of hydrogen-bond acceptors (Lipinski definition) is 3. The standard InChI is InChI=1S/C8H19NS2/c1-8(2,10-5)11-7-6-9(3)4/h6-7H2,1-5H3. The van der Waals surface area contributed by atoms with Crippen molar-refractivity contribution < 1.29 is 0 Å². The van der Waals surface area contributed by atoms with Crippen LogP contribution in [0.4, 0.5) is 0 Å². The molecule has 0 aromatic carbocycles. The fourth-order valence-corrected chi connectivity index (χ4v) is 2.20. The monoisotopic (exact) mass is 193 g/mol. The summed E-state index contributed by atoms with van der Waals surface area (Å²) in [6.07, 6.45) is 2.17. The predicted octanol–water partition coefficient (Wildman–Crippen LogP) is 2.38. The van der Waals surface area contributed by atoms with Gasteiger partial charge in [-0.1, -0.05) is 0 Å². The quantitative estimate of drug-likeness (QED) is 0.617. The Hall–Kier alpha value is 0.660. The number of hydrogen-bond donors (Lipinski definition) is 0. The van der Waals surface area contributed by atoms with Crippen molar-refractivity contribution in [2.24, 2.45) is 0 Å². The molecule has 68 valence electrons. The van der Waals surface area contributed by atoms with E-state index < -0.39 is 0 Å². The van der Waals surface area contributed by atoms with E-state index in [1.165, 1.54) is 12.3 Å². The fourth-order valence-electron chi connectivity index (χ4n) is 0.533. The van der Waals surface area contributed by atoms with E-state index in [0.717, 1.165) is 0 Å². The van der Waals surface area contributed by atoms with Gasteiger partial charge >= 0.3 is 0 Å². The Bertz CT molecular complexity index is 102. The normalized spacial score (nSPS) is 12.5. The average Bonchev–Trinajstić information content (AvgIpc) is 1.87. The Morgan fingerprint density at radius 2 is 1.82 bits per heavy atom. The summed E-state index contributed by atoms with van der Waals surface area (Å²) in [7, 11) is 4.24. The highest BCUT2D eigenvalue weighted by atomic mass is 32.2. The third kappa shape index (κ3) is 7.04. The molecule has 0 spiro atoms. The van der Waals surface area contributed by atoms with Gasteiger partial charge in [0, 0.05) is 12.3 Å². The van der Waals surface area contributed by atoms with Crippen molar-refractivity contribution >= 4 is 23.5 Å². The molecule has 11 heavy (non-hydrogen) atoms. The molecule has 0 amide bonds. The SMILES string of the molecule is CSC(C)(C)SCCN(C)C. The van der Waals surface area contributed by atoms with Crippen molar-refractivity contribution in [1.29, 1.82) is 0 Å². The molecular weight excluding hydrogens is 174 g/mol. The van der Waals surface area contributed by atoms with Crippen LogP contribution < -0.4 is 0 Å². The van der Waals surface area contributed by atoms with Crippen molar-refractivity contribution in [3.63, 3.8) is 0 Å². The molecule has 0 fully saturated rings. The first kappa shape index (κ1) is 11.7. The van der Waals surface area contributed by atoms with Crippen molar-refractivity contribution in [3.8, 4) is 0 Å². The van der Waals surface area contributed by atoms with E-state index in [0.29, 0.717) is 4.08 Å². The van der Waals surface area contributed by atoms with E-state index in [9.17, 15) is 0 Å². The summed E-state index contributed by atoms with van der Waals surface area (Å²) < 4.78 is 0.385. The third-order valence-corrected chi connectivity index (χ3v) is 4.40. The molecule has 0 aliphatic carbocycles. The molecule has 0 aliphatic heterocycles. The summed E-state index contributed by atoms with van der Waals surface area (Å²) in [5.74, 6) is 1.22. The minimum Gasteiger partial charge on any atom is -0.309 e. The first-order valence-corrected chi connectivity index (χ1v) is 6.03. The lowest BCUT2D eigenvalue weighted by atomic mass is 10.5. The molecule has 0 saturated carbocycles. The lowest BCUT2D eigenvalue weighted by Crippen LogP contribution is -2.18. The van der Waals surface area contributed by atoms with Crippen LogP contribution in [0.2, 0.25) is 0 Å². The Kier molecular flexibility index (Phi) is 5.65. The molecule has 0 radical (unpaired) electrons. The van der Waals surface area contributed by atoms with Crippen molar-refractivity contribution in [2.45, 2.75) is 17.9 Å². The molecule has 0 N–H and O–H groups in total. The van der Waals surface area contributed by atoms with E-state index in [4.69, 9.17) is 0 Å². The molecule has 0 heterocycles. The van der Waals surface area contributed by atoms with Gasteiger partial charge in [-0.2, -0.15) is 0 Å². The molecular formula is C8H19NS2. The van der Waals surface area contributed by atoms with Crippen LogP contribution in [0.15, 0.2) is 0 Å². The van der Waals surface area contributed by atoms with Crippen LogP contribution in [0.1, 0.15) is 13.8 Å². The molecule has 0 atom stereocenters. The van der Waals surface area contributed by atoms with E-state index in [1.54, 1.807) is 0 Å². The molecule has 0 bridgehead atoms. The minimum atomic E-state index is 0.385. The van der Waals surface area contributed by atoms with Gasteiger partial charge in [-0.25, -0.2) is 0 Å². The lowest BCUT2D eigenvalue weighted by molar-refractivity contribution is 0.437. The Morgan fingerprint density at radius 3 is 2.18 bits per heavy atom. The highest BCUT2D eigenvalue weighted by Gasteiger charge is 2.15. The molecule has 0 aromatic rings. The summed E-state index contributed by atoms with van der Waals surface area (Å²) in [4.78, 5) is 2.23. The first-order valence-electron chi connectivity index (χ1n) is 3.82. The van der Waals surface area contributed by atoms with Gasteiger partial charge in [0.1, 0.15) is 0 Å². The predicted molar refractivity (Wildman–Crippen MR) is 58.6 cm³/mol. The maximum atomic E-state index is 2.28. The maximum absolute atomic E-state index is 2.28.